The number of carbonyl (C=O) groups is 1. The van der Waals surface area contributed by atoms with Crippen LogP contribution in [0.4, 0.5) is 0 Å². The topological polar surface area (TPSA) is 83.3 Å². The molecule has 7 heteroatoms. The van der Waals surface area contributed by atoms with E-state index in [9.17, 15) is 4.79 Å². The van der Waals surface area contributed by atoms with Gasteiger partial charge in [-0.05, 0) is 30.2 Å². The van der Waals surface area contributed by atoms with Gasteiger partial charge in [0, 0.05) is 38.2 Å². The third kappa shape index (κ3) is 4.93. The van der Waals surface area contributed by atoms with Gasteiger partial charge in [-0.3, -0.25) is 9.69 Å². The normalized spacial score (nSPS) is 18.4. The van der Waals surface area contributed by atoms with Crippen molar-refractivity contribution in [3.63, 3.8) is 0 Å². The molecular formula is C20H29N5O2. The summed E-state index contributed by atoms with van der Waals surface area (Å²) >= 11 is 0. The summed E-state index contributed by atoms with van der Waals surface area (Å²) < 4.78 is 5.34. The number of amides is 1. The predicted octanol–water partition coefficient (Wildman–Crippen LogP) is 1.92. The Morgan fingerprint density at radius 1 is 1.33 bits per heavy atom. The number of piperazine rings is 1. The van der Waals surface area contributed by atoms with Crippen LogP contribution in [-0.4, -0.2) is 54.2 Å². The van der Waals surface area contributed by atoms with Crippen LogP contribution in [0.15, 0.2) is 28.8 Å². The first-order valence-corrected chi connectivity index (χ1v) is 9.47. The highest BCUT2D eigenvalue weighted by atomic mass is 16.5. The molecule has 2 heterocycles. The highest BCUT2D eigenvalue weighted by Gasteiger charge is 2.25. The molecule has 1 aromatic heterocycles. The average Bonchev–Trinajstić information content (AvgIpc) is 3.10. The van der Waals surface area contributed by atoms with E-state index in [0.717, 1.165) is 19.6 Å². The predicted molar refractivity (Wildman–Crippen MR) is 104 cm³/mol. The monoisotopic (exact) mass is 371 g/mol. The number of nitrogens with zero attached hydrogens (tertiary/aromatic N) is 3. The Morgan fingerprint density at radius 2 is 2.07 bits per heavy atom. The van der Waals surface area contributed by atoms with E-state index < -0.39 is 0 Å². The minimum atomic E-state index is -0.0913. The molecule has 2 N–H and O–H groups in total. The average molecular weight is 371 g/mol. The van der Waals surface area contributed by atoms with Gasteiger partial charge in [0.05, 0.1) is 6.04 Å². The number of aromatic nitrogens is 2. The third-order valence-corrected chi connectivity index (χ3v) is 4.93. The molecule has 1 saturated heterocycles. The lowest BCUT2D eigenvalue weighted by Crippen LogP contribution is -2.44. The Labute approximate surface area is 160 Å². The number of hydrogen-bond acceptors (Lipinski definition) is 6. The molecule has 0 saturated carbocycles. The van der Waals surface area contributed by atoms with Crippen LogP contribution < -0.4 is 10.6 Å². The summed E-state index contributed by atoms with van der Waals surface area (Å²) in [6, 6.07) is 7.88. The summed E-state index contributed by atoms with van der Waals surface area (Å²) in [4.78, 5) is 19.0. The van der Waals surface area contributed by atoms with Crippen molar-refractivity contribution in [2.75, 3.05) is 33.2 Å². The molecular weight excluding hydrogens is 342 g/mol. The third-order valence-electron chi connectivity index (χ3n) is 4.93. The molecule has 7 nitrogen and oxygen atoms in total. The molecule has 0 bridgehead atoms. The van der Waals surface area contributed by atoms with E-state index in [2.05, 4.69) is 53.5 Å². The molecule has 1 unspecified atom stereocenters. The largest absolute Gasteiger partial charge is 0.352 e. The zero-order chi connectivity index (χ0) is 19.4. The number of benzene rings is 1. The first-order chi connectivity index (χ1) is 12.8. The van der Waals surface area contributed by atoms with Gasteiger partial charge >= 0.3 is 0 Å². The zero-order valence-electron chi connectivity index (χ0n) is 16.6. The summed E-state index contributed by atoms with van der Waals surface area (Å²) in [5, 5.41) is 10.4. The van der Waals surface area contributed by atoms with Crippen LogP contribution in [0, 0.1) is 0 Å². The van der Waals surface area contributed by atoms with Crippen molar-refractivity contribution in [3.8, 4) is 0 Å². The minimum absolute atomic E-state index is 0.0760. The minimum Gasteiger partial charge on any atom is -0.352 e. The molecule has 0 aliphatic carbocycles. The van der Waals surface area contributed by atoms with Gasteiger partial charge in [-0.1, -0.05) is 38.1 Å². The fraction of sp³-hybridized carbons (Fsp3) is 0.550. The quantitative estimate of drug-likeness (QED) is 0.835. The zero-order valence-corrected chi connectivity index (χ0v) is 16.6. The smallest absolute Gasteiger partial charge is 0.251 e. The summed E-state index contributed by atoms with van der Waals surface area (Å²) in [6.45, 7) is 9.67. The number of carbonyl (C=O) groups excluding carboxylic acids is 1. The van der Waals surface area contributed by atoms with Crippen molar-refractivity contribution < 1.29 is 9.32 Å². The number of rotatable bonds is 5. The number of nitrogens with one attached hydrogen (secondary N) is 2. The van der Waals surface area contributed by atoms with Crippen LogP contribution in [0.2, 0.25) is 0 Å². The Balaban J connectivity index is 1.50. The molecule has 1 aliphatic rings. The van der Waals surface area contributed by atoms with Gasteiger partial charge in [-0.25, -0.2) is 0 Å². The van der Waals surface area contributed by atoms with E-state index in [4.69, 9.17) is 4.52 Å². The lowest BCUT2D eigenvalue weighted by Gasteiger charge is -2.30. The van der Waals surface area contributed by atoms with Crippen molar-refractivity contribution in [2.45, 2.75) is 38.6 Å². The van der Waals surface area contributed by atoms with Crippen molar-refractivity contribution in [1.29, 1.82) is 0 Å². The Morgan fingerprint density at radius 3 is 2.74 bits per heavy atom. The molecule has 27 heavy (non-hydrogen) atoms. The number of likely N-dealkylation sites (N-methyl/N-ethyl adjacent to an activating group) is 1. The van der Waals surface area contributed by atoms with Crippen molar-refractivity contribution in [2.24, 2.45) is 0 Å². The fourth-order valence-corrected chi connectivity index (χ4v) is 3.11. The first kappa shape index (κ1) is 19.5. The molecule has 1 fully saturated rings. The van der Waals surface area contributed by atoms with Crippen LogP contribution in [0.3, 0.4) is 0 Å². The summed E-state index contributed by atoms with van der Waals surface area (Å²) in [5.41, 5.74) is 1.94. The van der Waals surface area contributed by atoms with Crippen LogP contribution in [0.5, 0.6) is 0 Å². The van der Waals surface area contributed by atoms with E-state index in [0.29, 0.717) is 30.2 Å². The maximum absolute atomic E-state index is 12.3. The lowest BCUT2D eigenvalue weighted by atomic mass is 9.87. The van der Waals surface area contributed by atoms with E-state index in [1.807, 2.05) is 24.3 Å². The van der Waals surface area contributed by atoms with E-state index in [-0.39, 0.29) is 17.4 Å². The fourth-order valence-electron chi connectivity index (χ4n) is 3.11. The van der Waals surface area contributed by atoms with Gasteiger partial charge in [0.1, 0.15) is 0 Å². The second-order valence-electron chi connectivity index (χ2n) is 8.08. The second-order valence-corrected chi connectivity index (χ2v) is 8.08. The van der Waals surface area contributed by atoms with Crippen LogP contribution >= 0.6 is 0 Å². The first-order valence-electron chi connectivity index (χ1n) is 9.47. The van der Waals surface area contributed by atoms with Crippen LogP contribution in [0.25, 0.3) is 0 Å². The second kappa shape index (κ2) is 8.19. The van der Waals surface area contributed by atoms with Gasteiger partial charge in [-0.2, -0.15) is 4.98 Å². The molecule has 3 rings (SSSR count). The summed E-state index contributed by atoms with van der Waals surface area (Å²) in [7, 11) is 2.06. The summed E-state index contributed by atoms with van der Waals surface area (Å²) in [6.07, 6.45) is 0.517. The van der Waals surface area contributed by atoms with E-state index in [1.54, 1.807) is 0 Å². The molecule has 1 atom stereocenters. The lowest BCUT2D eigenvalue weighted by molar-refractivity contribution is 0.0953. The molecule has 1 aliphatic heterocycles. The molecule has 1 amide bonds. The van der Waals surface area contributed by atoms with E-state index >= 15 is 0 Å². The highest BCUT2D eigenvalue weighted by Crippen LogP contribution is 2.22. The molecule has 146 valence electrons. The van der Waals surface area contributed by atoms with Gasteiger partial charge in [-0.15, -0.1) is 0 Å². The van der Waals surface area contributed by atoms with E-state index in [1.165, 1.54) is 5.56 Å². The SMILES string of the molecule is CN1CCNCC1c1noc(CCNC(=O)c2ccc(C(C)(C)C)cc2)n1. The Hall–Kier alpha value is -2.25. The standard InChI is InChI=1S/C20H29N5O2/c1-20(2,3)15-7-5-14(6-8-15)19(26)22-10-9-17-23-18(24-27-17)16-13-21-11-12-25(16)4/h5-8,16,21H,9-13H2,1-4H3,(H,22,26). The van der Waals surface area contributed by atoms with Crippen molar-refractivity contribution >= 4 is 5.91 Å². The van der Waals surface area contributed by atoms with Gasteiger partial charge in [0.15, 0.2) is 5.82 Å². The maximum atomic E-state index is 12.3. The van der Waals surface area contributed by atoms with Crippen molar-refractivity contribution in [1.82, 2.24) is 25.7 Å². The van der Waals surface area contributed by atoms with Gasteiger partial charge < -0.3 is 15.2 Å². The summed E-state index contributed by atoms with van der Waals surface area (Å²) in [5.74, 6) is 1.16. The molecule has 0 radical (unpaired) electrons. The maximum Gasteiger partial charge on any atom is 0.251 e. The highest BCUT2D eigenvalue weighted by molar-refractivity contribution is 5.94. The van der Waals surface area contributed by atoms with Crippen LogP contribution in [-0.2, 0) is 11.8 Å². The van der Waals surface area contributed by atoms with Gasteiger partial charge in [0.25, 0.3) is 5.91 Å². The molecule has 1 aromatic carbocycles. The van der Waals surface area contributed by atoms with Crippen LogP contribution in [0.1, 0.15) is 54.4 Å². The molecule has 2 aromatic rings. The van der Waals surface area contributed by atoms with Gasteiger partial charge in [0.2, 0.25) is 5.89 Å². The molecule has 0 spiro atoms. The van der Waals surface area contributed by atoms with Crippen molar-refractivity contribution in [3.05, 3.63) is 47.1 Å². The Kier molecular flexibility index (Phi) is 5.92. The Bertz CT molecular complexity index is 763. The number of hydrogen-bond donors (Lipinski definition) is 2.